The molecule has 1 aromatic carbocycles. The number of aryl methyl sites for hydroxylation is 1. The number of hydroxylamine groups is 1. The van der Waals surface area contributed by atoms with Gasteiger partial charge in [0, 0.05) is 5.56 Å². The van der Waals surface area contributed by atoms with Gasteiger partial charge in [-0.05, 0) is 40.4 Å². The van der Waals surface area contributed by atoms with Crippen molar-refractivity contribution in [1.29, 1.82) is 0 Å². The zero-order valence-corrected chi connectivity index (χ0v) is 11.2. The van der Waals surface area contributed by atoms with Gasteiger partial charge in [0.15, 0.2) is 6.23 Å². The second-order valence-corrected chi connectivity index (χ2v) is 6.65. The number of rotatable bonds is 3. The third-order valence-corrected chi connectivity index (χ3v) is 5.05. The first-order chi connectivity index (χ1) is 8.59. The second-order valence-electron chi connectivity index (χ2n) is 4.09. The van der Waals surface area contributed by atoms with Crippen LogP contribution in [-0.2, 0) is 14.9 Å². The number of nitrogens with zero attached hydrogens (tertiary/aromatic N) is 1. The lowest BCUT2D eigenvalue weighted by molar-refractivity contribution is 0.283. The SMILES string of the molecule is Cc1ccc(S(=O)(=O)N2OC2c2ccsc2)cc1. The lowest BCUT2D eigenvalue weighted by Crippen LogP contribution is -2.12. The minimum absolute atomic E-state index is 0.255. The van der Waals surface area contributed by atoms with Crippen LogP contribution in [0.2, 0.25) is 0 Å². The van der Waals surface area contributed by atoms with E-state index < -0.39 is 16.3 Å². The van der Waals surface area contributed by atoms with Gasteiger partial charge in [-0.15, -0.1) is 0 Å². The molecule has 1 aromatic heterocycles. The van der Waals surface area contributed by atoms with Crippen LogP contribution in [0.3, 0.4) is 0 Å². The summed E-state index contributed by atoms with van der Waals surface area (Å²) in [6, 6.07) is 8.60. The molecule has 94 valence electrons. The molecule has 0 saturated carbocycles. The summed E-state index contributed by atoms with van der Waals surface area (Å²) >= 11 is 1.52. The van der Waals surface area contributed by atoms with Crippen molar-refractivity contribution in [2.24, 2.45) is 0 Å². The summed E-state index contributed by atoms with van der Waals surface area (Å²) in [5, 5.41) is 3.78. The lowest BCUT2D eigenvalue weighted by atomic mass is 10.2. The Kier molecular flexibility index (Phi) is 2.74. The van der Waals surface area contributed by atoms with Gasteiger partial charge >= 0.3 is 0 Å². The van der Waals surface area contributed by atoms with Crippen molar-refractivity contribution < 1.29 is 13.3 Å². The maximum Gasteiger partial charge on any atom is 0.267 e. The fourth-order valence-corrected chi connectivity index (χ4v) is 3.59. The van der Waals surface area contributed by atoms with Crippen LogP contribution < -0.4 is 0 Å². The van der Waals surface area contributed by atoms with Crippen LogP contribution in [0.1, 0.15) is 17.4 Å². The number of hydrogen-bond donors (Lipinski definition) is 0. The first-order valence-corrected chi connectivity index (χ1v) is 7.77. The first kappa shape index (κ1) is 11.9. The monoisotopic (exact) mass is 281 g/mol. The van der Waals surface area contributed by atoms with Crippen LogP contribution >= 0.6 is 11.3 Å². The molecule has 2 unspecified atom stereocenters. The van der Waals surface area contributed by atoms with E-state index >= 15 is 0 Å². The van der Waals surface area contributed by atoms with Gasteiger partial charge < -0.3 is 0 Å². The van der Waals surface area contributed by atoms with Gasteiger partial charge in [0.2, 0.25) is 0 Å². The smallest absolute Gasteiger partial charge is 0.253 e. The van der Waals surface area contributed by atoms with Crippen molar-refractivity contribution >= 4 is 21.4 Å². The van der Waals surface area contributed by atoms with E-state index in [-0.39, 0.29) is 4.90 Å². The van der Waals surface area contributed by atoms with Crippen molar-refractivity contribution in [3.63, 3.8) is 0 Å². The molecule has 4 nitrogen and oxygen atoms in total. The number of sulfonamides is 1. The fraction of sp³-hybridized carbons (Fsp3) is 0.167. The highest BCUT2D eigenvalue weighted by atomic mass is 32.2. The summed E-state index contributed by atoms with van der Waals surface area (Å²) < 4.78 is 25.5. The average molecular weight is 281 g/mol. The Hall–Kier alpha value is -1.21. The first-order valence-electron chi connectivity index (χ1n) is 5.39. The van der Waals surface area contributed by atoms with Gasteiger partial charge in [0.05, 0.1) is 4.90 Å². The second kappa shape index (κ2) is 4.17. The standard InChI is InChI=1S/C12H11NO3S2/c1-9-2-4-11(5-3-9)18(14,15)13-12(16-13)10-6-7-17-8-10/h2-8,12H,1H3. The molecule has 1 aliphatic heterocycles. The van der Waals surface area contributed by atoms with E-state index in [4.69, 9.17) is 4.84 Å². The van der Waals surface area contributed by atoms with Gasteiger partial charge in [0.25, 0.3) is 10.0 Å². The van der Waals surface area contributed by atoms with Crippen LogP contribution in [-0.4, -0.2) is 12.9 Å². The predicted molar refractivity (Wildman–Crippen MR) is 68.3 cm³/mol. The Morgan fingerprint density at radius 1 is 1.22 bits per heavy atom. The molecular weight excluding hydrogens is 270 g/mol. The van der Waals surface area contributed by atoms with Gasteiger partial charge in [-0.25, -0.2) is 8.42 Å². The predicted octanol–water partition coefficient (Wildman–Crippen LogP) is 2.69. The fourth-order valence-electron chi connectivity index (χ4n) is 1.67. The van der Waals surface area contributed by atoms with Crippen molar-refractivity contribution in [2.45, 2.75) is 18.0 Å². The number of thiophene rings is 1. The van der Waals surface area contributed by atoms with Crippen molar-refractivity contribution in [2.75, 3.05) is 0 Å². The molecule has 2 heterocycles. The van der Waals surface area contributed by atoms with Gasteiger partial charge in [-0.2, -0.15) is 11.3 Å². The molecule has 2 atom stereocenters. The van der Waals surface area contributed by atoms with E-state index in [9.17, 15) is 8.42 Å². The summed E-state index contributed by atoms with van der Waals surface area (Å²) in [6.07, 6.45) is -0.470. The van der Waals surface area contributed by atoms with E-state index in [1.807, 2.05) is 23.8 Å². The molecule has 0 spiro atoms. The minimum atomic E-state index is -3.54. The Balaban J connectivity index is 1.87. The summed E-state index contributed by atoms with van der Waals surface area (Å²) in [6.45, 7) is 1.92. The molecule has 1 fully saturated rings. The highest BCUT2D eigenvalue weighted by Gasteiger charge is 2.48. The summed E-state index contributed by atoms with van der Waals surface area (Å²) in [4.78, 5) is 5.42. The molecule has 0 N–H and O–H groups in total. The van der Waals surface area contributed by atoms with Crippen LogP contribution in [0.5, 0.6) is 0 Å². The average Bonchev–Trinajstić information content (AvgIpc) is 2.98. The molecule has 18 heavy (non-hydrogen) atoms. The Bertz CT molecular complexity index is 647. The van der Waals surface area contributed by atoms with Gasteiger partial charge in [-0.1, -0.05) is 17.7 Å². The molecule has 0 amide bonds. The molecule has 6 heteroatoms. The van der Waals surface area contributed by atoms with E-state index in [1.165, 1.54) is 11.3 Å². The molecule has 1 saturated heterocycles. The summed E-state index contributed by atoms with van der Waals surface area (Å²) in [5.74, 6) is 0. The summed E-state index contributed by atoms with van der Waals surface area (Å²) in [7, 11) is -3.54. The van der Waals surface area contributed by atoms with Gasteiger partial charge in [0.1, 0.15) is 0 Å². The largest absolute Gasteiger partial charge is 0.267 e. The number of hydrogen-bond acceptors (Lipinski definition) is 4. The molecule has 2 aromatic rings. The number of benzene rings is 1. The van der Waals surface area contributed by atoms with Gasteiger partial charge in [-0.3, -0.25) is 4.84 Å². The minimum Gasteiger partial charge on any atom is -0.253 e. The molecule has 0 radical (unpaired) electrons. The zero-order chi connectivity index (χ0) is 12.8. The zero-order valence-electron chi connectivity index (χ0n) is 9.61. The van der Waals surface area contributed by atoms with Crippen molar-refractivity contribution in [3.8, 4) is 0 Å². The van der Waals surface area contributed by atoms with Crippen molar-refractivity contribution in [3.05, 3.63) is 52.2 Å². The Labute approximate surface area is 109 Å². The Morgan fingerprint density at radius 3 is 2.56 bits per heavy atom. The molecule has 0 bridgehead atoms. The maximum atomic E-state index is 12.2. The van der Waals surface area contributed by atoms with E-state index in [0.29, 0.717) is 0 Å². The topological polar surface area (TPSA) is 49.7 Å². The van der Waals surface area contributed by atoms with Crippen molar-refractivity contribution in [1.82, 2.24) is 4.47 Å². The Morgan fingerprint density at radius 2 is 1.94 bits per heavy atom. The normalized spacial score (nSPS) is 22.9. The van der Waals surface area contributed by atoms with E-state index in [2.05, 4.69) is 0 Å². The van der Waals surface area contributed by atoms with Crippen LogP contribution in [0.15, 0.2) is 46.0 Å². The lowest BCUT2D eigenvalue weighted by Gasteiger charge is -2.02. The van der Waals surface area contributed by atoms with E-state index in [0.717, 1.165) is 15.6 Å². The third-order valence-electron chi connectivity index (χ3n) is 2.73. The highest BCUT2D eigenvalue weighted by Crippen LogP contribution is 2.42. The van der Waals surface area contributed by atoms with Crippen LogP contribution in [0.4, 0.5) is 0 Å². The van der Waals surface area contributed by atoms with E-state index in [1.54, 1.807) is 24.3 Å². The molecule has 0 aliphatic carbocycles. The summed E-state index contributed by atoms with van der Waals surface area (Å²) in [5.41, 5.74) is 1.89. The van der Waals surface area contributed by atoms with Crippen LogP contribution in [0.25, 0.3) is 0 Å². The molecule has 1 aliphatic rings. The molecule has 3 rings (SSSR count). The maximum absolute atomic E-state index is 12.2. The van der Waals surface area contributed by atoms with Crippen LogP contribution in [0, 0.1) is 6.92 Å². The highest BCUT2D eigenvalue weighted by molar-refractivity contribution is 7.89. The third kappa shape index (κ3) is 1.97. The molecular formula is C12H11NO3S2. The quantitative estimate of drug-likeness (QED) is 0.813.